The number of benzene rings is 2. The van der Waals surface area contributed by atoms with E-state index >= 15 is 0 Å². The summed E-state index contributed by atoms with van der Waals surface area (Å²) in [5, 5.41) is 3.64. The van der Waals surface area contributed by atoms with E-state index in [4.69, 9.17) is 4.84 Å². The van der Waals surface area contributed by atoms with Crippen LogP contribution in [0.15, 0.2) is 71.9 Å². The summed E-state index contributed by atoms with van der Waals surface area (Å²) in [6.07, 6.45) is 6.08. The van der Waals surface area contributed by atoms with Crippen LogP contribution in [-0.2, 0) is 16.1 Å². The Balaban J connectivity index is 1.69. The Hall–Kier alpha value is -2.68. The van der Waals surface area contributed by atoms with Crippen LogP contribution in [0.4, 0.5) is 0 Å². The Bertz CT molecular complexity index is 604. The summed E-state index contributed by atoms with van der Waals surface area (Å²) in [7, 11) is 0. The van der Waals surface area contributed by atoms with E-state index in [0.29, 0.717) is 12.8 Å². The minimum absolute atomic E-state index is 0.323. The van der Waals surface area contributed by atoms with Crippen molar-refractivity contribution in [2.75, 3.05) is 0 Å². The Morgan fingerprint density at radius 2 is 1.67 bits per heavy atom. The standard InChI is InChI=1S/C18H17NO2/c20-18(14-13-17-10-5-2-6-11-17)21-19-15-7-12-16-8-3-1-4-9-16/h1-12,15H,13-14H2. The van der Waals surface area contributed by atoms with Gasteiger partial charge in [0.15, 0.2) is 0 Å². The van der Waals surface area contributed by atoms with Gasteiger partial charge in [0.25, 0.3) is 0 Å². The van der Waals surface area contributed by atoms with Gasteiger partial charge in [-0.05, 0) is 23.6 Å². The Kier molecular flexibility index (Phi) is 5.95. The predicted octanol–water partition coefficient (Wildman–Crippen LogP) is 3.86. The Morgan fingerprint density at radius 1 is 1.00 bits per heavy atom. The van der Waals surface area contributed by atoms with E-state index in [1.54, 1.807) is 6.08 Å². The third-order valence-corrected chi connectivity index (χ3v) is 2.85. The number of aryl methyl sites for hydroxylation is 1. The summed E-state index contributed by atoms with van der Waals surface area (Å²) in [6, 6.07) is 19.7. The van der Waals surface area contributed by atoms with Crippen LogP contribution in [0.5, 0.6) is 0 Å². The average molecular weight is 279 g/mol. The topological polar surface area (TPSA) is 38.7 Å². The Labute approximate surface area is 124 Å². The van der Waals surface area contributed by atoms with Gasteiger partial charge in [-0.3, -0.25) is 0 Å². The summed E-state index contributed by atoms with van der Waals surface area (Å²) in [5.41, 5.74) is 2.18. The van der Waals surface area contributed by atoms with Crippen molar-refractivity contribution in [1.82, 2.24) is 0 Å². The summed E-state index contributed by atoms with van der Waals surface area (Å²) in [6.45, 7) is 0. The highest BCUT2D eigenvalue weighted by Gasteiger charge is 2.02. The minimum atomic E-state index is -0.330. The third kappa shape index (κ3) is 5.87. The van der Waals surface area contributed by atoms with Crippen LogP contribution in [0.2, 0.25) is 0 Å². The second kappa shape index (κ2) is 8.48. The summed E-state index contributed by atoms with van der Waals surface area (Å²) in [4.78, 5) is 16.3. The summed E-state index contributed by atoms with van der Waals surface area (Å²) < 4.78 is 0. The highest BCUT2D eigenvalue weighted by atomic mass is 16.7. The molecule has 2 aromatic carbocycles. The molecule has 21 heavy (non-hydrogen) atoms. The number of rotatable bonds is 6. The van der Waals surface area contributed by atoms with Crippen molar-refractivity contribution >= 4 is 18.3 Å². The molecule has 0 aliphatic carbocycles. The quantitative estimate of drug-likeness (QED) is 0.457. The zero-order valence-corrected chi connectivity index (χ0v) is 11.7. The number of nitrogens with zero attached hydrogens (tertiary/aromatic N) is 1. The van der Waals surface area contributed by atoms with E-state index in [1.165, 1.54) is 6.21 Å². The molecule has 2 aromatic rings. The van der Waals surface area contributed by atoms with Crippen LogP contribution in [0, 0.1) is 0 Å². The van der Waals surface area contributed by atoms with Crippen molar-refractivity contribution in [2.45, 2.75) is 12.8 Å². The molecule has 0 spiro atoms. The molecule has 3 nitrogen and oxygen atoms in total. The molecule has 2 rings (SSSR count). The monoisotopic (exact) mass is 279 g/mol. The molecule has 0 radical (unpaired) electrons. The summed E-state index contributed by atoms with van der Waals surface area (Å²) >= 11 is 0. The molecular weight excluding hydrogens is 262 g/mol. The van der Waals surface area contributed by atoms with Crippen molar-refractivity contribution in [3.05, 3.63) is 77.9 Å². The van der Waals surface area contributed by atoms with E-state index in [1.807, 2.05) is 66.7 Å². The van der Waals surface area contributed by atoms with Gasteiger partial charge in [-0.15, -0.1) is 0 Å². The first kappa shape index (κ1) is 14.7. The smallest absolute Gasteiger partial charge is 0.318 e. The van der Waals surface area contributed by atoms with Crippen LogP contribution in [0.1, 0.15) is 17.5 Å². The number of hydrogen-bond acceptors (Lipinski definition) is 3. The van der Waals surface area contributed by atoms with E-state index < -0.39 is 0 Å². The van der Waals surface area contributed by atoms with Gasteiger partial charge in [-0.1, -0.05) is 71.9 Å². The molecule has 0 N–H and O–H groups in total. The molecule has 0 heterocycles. The third-order valence-electron chi connectivity index (χ3n) is 2.85. The Morgan fingerprint density at radius 3 is 2.38 bits per heavy atom. The molecule has 0 fully saturated rings. The lowest BCUT2D eigenvalue weighted by Crippen LogP contribution is -2.01. The molecule has 0 unspecified atom stereocenters. The van der Waals surface area contributed by atoms with Gasteiger partial charge in [-0.2, -0.15) is 0 Å². The van der Waals surface area contributed by atoms with Gasteiger partial charge in [0.05, 0.1) is 12.6 Å². The number of carbonyl (C=O) groups is 1. The van der Waals surface area contributed by atoms with Crippen molar-refractivity contribution < 1.29 is 9.63 Å². The number of carbonyl (C=O) groups excluding carboxylic acids is 1. The number of oxime groups is 1. The zero-order chi connectivity index (χ0) is 14.8. The van der Waals surface area contributed by atoms with Crippen molar-refractivity contribution in [3.63, 3.8) is 0 Å². The average Bonchev–Trinajstić information content (AvgIpc) is 2.54. The highest BCUT2D eigenvalue weighted by Crippen LogP contribution is 2.03. The maximum Gasteiger partial charge on any atom is 0.335 e. The zero-order valence-electron chi connectivity index (χ0n) is 11.7. The maximum absolute atomic E-state index is 11.5. The van der Waals surface area contributed by atoms with Crippen molar-refractivity contribution in [2.24, 2.45) is 5.16 Å². The van der Waals surface area contributed by atoms with Crippen LogP contribution in [0.25, 0.3) is 6.08 Å². The van der Waals surface area contributed by atoms with Crippen LogP contribution in [-0.4, -0.2) is 12.2 Å². The lowest BCUT2D eigenvalue weighted by molar-refractivity contribution is -0.143. The first-order valence-corrected chi connectivity index (χ1v) is 6.83. The molecular formula is C18H17NO2. The van der Waals surface area contributed by atoms with Crippen LogP contribution >= 0.6 is 0 Å². The predicted molar refractivity (Wildman–Crippen MR) is 84.8 cm³/mol. The molecule has 0 bridgehead atoms. The van der Waals surface area contributed by atoms with Crippen LogP contribution < -0.4 is 0 Å². The molecule has 0 aliphatic heterocycles. The fourth-order valence-corrected chi connectivity index (χ4v) is 1.78. The molecule has 0 atom stereocenters. The van der Waals surface area contributed by atoms with E-state index in [-0.39, 0.29) is 5.97 Å². The highest BCUT2D eigenvalue weighted by molar-refractivity contribution is 5.78. The molecule has 0 saturated heterocycles. The van der Waals surface area contributed by atoms with E-state index in [2.05, 4.69) is 5.16 Å². The number of hydrogen-bond donors (Lipinski definition) is 0. The van der Waals surface area contributed by atoms with Gasteiger partial charge in [-0.25, -0.2) is 4.79 Å². The normalized spacial score (nSPS) is 11.0. The largest absolute Gasteiger partial charge is 0.335 e. The van der Waals surface area contributed by atoms with Gasteiger partial charge < -0.3 is 4.84 Å². The van der Waals surface area contributed by atoms with Gasteiger partial charge in [0.1, 0.15) is 0 Å². The lowest BCUT2D eigenvalue weighted by atomic mass is 10.1. The lowest BCUT2D eigenvalue weighted by Gasteiger charge is -1.98. The molecule has 0 aromatic heterocycles. The molecule has 106 valence electrons. The van der Waals surface area contributed by atoms with Crippen molar-refractivity contribution in [3.8, 4) is 0 Å². The van der Waals surface area contributed by atoms with E-state index in [0.717, 1.165) is 11.1 Å². The SMILES string of the molecule is O=C(CCc1ccccc1)ON=CC=Cc1ccccc1. The fraction of sp³-hybridized carbons (Fsp3) is 0.111. The first-order valence-electron chi connectivity index (χ1n) is 6.83. The fourth-order valence-electron chi connectivity index (χ4n) is 1.78. The summed E-state index contributed by atoms with van der Waals surface area (Å²) in [5.74, 6) is -0.330. The first-order chi connectivity index (χ1) is 10.3. The molecule has 3 heteroatoms. The van der Waals surface area contributed by atoms with Gasteiger partial charge in [0, 0.05) is 0 Å². The van der Waals surface area contributed by atoms with Gasteiger partial charge in [0.2, 0.25) is 0 Å². The molecule has 0 amide bonds. The molecule has 0 aliphatic rings. The second-order valence-electron chi connectivity index (χ2n) is 4.47. The number of allylic oxidation sites excluding steroid dienone is 1. The minimum Gasteiger partial charge on any atom is -0.318 e. The van der Waals surface area contributed by atoms with Crippen LogP contribution in [0.3, 0.4) is 0 Å². The molecule has 0 saturated carbocycles. The van der Waals surface area contributed by atoms with Gasteiger partial charge >= 0.3 is 5.97 Å². The van der Waals surface area contributed by atoms with E-state index in [9.17, 15) is 4.79 Å². The van der Waals surface area contributed by atoms with Crippen molar-refractivity contribution in [1.29, 1.82) is 0 Å². The maximum atomic E-state index is 11.5. The second-order valence-corrected chi connectivity index (χ2v) is 4.47.